The van der Waals surface area contributed by atoms with Gasteiger partial charge in [-0.2, -0.15) is 15.0 Å². The molecule has 0 aromatic carbocycles. The molecule has 2 aromatic rings. The van der Waals surface area contributed by atoms with Crippen LogP contribution in [0.5, 0.6) is 12.0 Å². The minimum absolute atomic E-state index is 0.0464. The molecule has 0 saturated carbocycles. The summed E-state index contributed by atoms with van der Waals surface area (Å²) in [6.07, 6.45) is 9.49. The Morgan fingerprint density at radius 2 is 1.97 bits per heavy atom. The van der Waals surface area contributed by atoms with E-state index in [-0.39, 0.29) is 6.10 Å². The molecule has 2 aromatic heterocycles. The molecule has 3 N–H and O–H groups in total. The monoisotopic (exact) mass is 404 g/mol. The third-order valence-corrected chi connectivity index (χ3v) is 5.70. The minimum atomic E-state index is 0.0464. The van der Waals surface area contributed by atoms with Gasteiger partial charge in [-0.1, -0.05) is 32.6 Å². The van der Waals surface area contributed by atoms with Crippen molar-refractivity contribution in [3.8, 4) is 12.0 Å². The molecule has 0 spiro atoms. The lowest BCUT2D eigenvalue weighted by Crippen LogP contribution is -2.27. The number of nitrogens with zero attached hydrogens (tertiary/aromatic N) is 4. The topological polar surface area (TPSA) is 100 Å². The first-order valence-corrected chi connectivity index (χ1v) is 11.1. The molecule has 0 aliphatic carbocycles. The lowest BCUT2D eigenvalue weighted by atomic mass is 9.92. The predicted molar refractivity (Wildman–Crippen MR) is 115 cm³/mol. The van der Waals surface area contributed by atoms with Crippen LogP contribution < -0.4 is 20.5 Å². The van der Waals surface area contributed by atoms with Crippen molar-refractivity contribution in [3.05, 3.63) is 0 Å². The van der Waals surface area contributed by atoms with Gasteiger partial charge in [-0.05, 0) is 51.6 Å². The highest BCUT2D eigenvalue weighted by molar-refractivity contribution is 5.83. The Morgan fingerprint density at radius 3 is 2.69 bits per heavy atom. The van der Waals surface area contributed by atoms with Crippen molar-refractivity contribution in [2.45, 2.75) is 77.9 Å². The first kappa shape index (κ1) is 21.6. The third-order valence-electron chi connectivity index (χ3n) is 5.70. The molecular formula is C21H36N6O2. The maximum atomic E-state index is 6.13. The van der Waals surface area contributed by atoms with Crippen molar-refractivity contribution in [1.82, 2.24) is 24.8 Å². The first-order valence-electron chi connectivity index (χ1n) is 11.1. The van der Waals surface area contributed by atoms with Crippen LogP contribution in [-0.2, 0) is 6.54 Å². The zero-order valence-corrected chi connectivity index (χ0v) is 18.1. The summed E-state index contributed by atoms with van der Waals surface area (Å²) in [7, 11) is 1.62. The van der Waals surface area contributed by atoms with Crippen molar-refractivity contribution >= 4 is 17.0 Å². The Labute approximate surface area is 173 Å². The summed E-state index contributed by atoms with van der Waals surface area (Å²) in [5.74, 6) is 1.22. The second-order valence-electron chi connectivity index (χ2n) is 8.07. The first-order chi connectivity index (χ1) is 14.1. The highest BCUT2D eigenvalue weighted by Crippen LogP contribution is 2.27. The van der Waals surface area contributed by atoms with Gasteiger partial charge in [0, 0.05) is 6.54 Å². The van der Waals surface area contributed by atoms with Gasteiger partial charge in [0.2, 0.25) is 0 Å². The third kappa shape index (κ3) is 5.72. The van der Waals surface area contributed by atoms with Crippen molar-refractivity contribution in [2.75, 3.05) is 25.9 Å². The highest BCUT2D eigenvalue weighted by Gasteiger charge is 2.19. The lowest BCUT2D eigenvalue weighted by molar-refractivity contribution is 0.193. The molecule has 1 aliphatic heterocycles. The summed E-state index contributed by atoms with van der Waals surface area (Å²) in [5.41, 5.74) is 7.40. The van der Waals surface area contributed by atoms with Crippen LogP contribution in [0.15, 0.2) is 0 Å². The smallest absolute Gasteiger partial charge is 0.320 e. The Bertz CT molecular complexity index is 772. The van der Waals surface area contributed by atoms with Crippen molar-refractivity contribution in [3.63, 3.8) is 0 Å². The zero-order chi connectivity index (χ0) is 20.6. The number of hydrogen-bond acceptors (Lipinski definition) is 7. The van der Waals surface area contributed by atoms with Crippen molar-refractivity contribution in [2.24, 2.45) is 5.92 Å². The molecule has 1 aliphatic rings. The Balaban J connectivity index is 1.64. The summed E-state index contributed by atoms with van der Waals surface area (Å²) in [6.45, 7) is 7.29. The molecule has 8 nitrogen and oxygen atoms in total. The number of nitrogens with one attached hydrogen (secondary N) is 1. The van der Waals surface area contributed by atoms with Gasteiger partial charge in [-0.3, -0.25) is 4.57 Å². The summed E-state index contributed by atoms with van der Waals surface area (Å²) in [6, 6.07) is 0.837. The van der Waals surface area contributed by atoms with E-state index in [1.165, 1.54) is 45.2 Å². The molecule has 0 bridgehead atoms. The van der Waals surface area contributed by atoms with Crippen LogP contribution in [0.4, 0.5) is 5.82 Å². The summed E-state index contributed by atoms with van der Waals surface area (Å²) in [5, 5.41) is 3.44. The number of rotatable bonds is 11. The van der Waals surface area contributed by atoms with Crippen molar-refractivity contribution in [1.29, 1.82) is 0 Å². The second kappa shape index (κ2) is 10.6. The van der Waals surface area contributed by atoms with Gasteiger partial charge in [0.1, 0.15) is 0 Å². The van der Waals surface area contributed by atoms with Crippen LogP contribution in [0.2, 0.25) is 0 Å². The minimum Gasteiger partial charge on any atom is -0.468 e. The molecule has 0 amide bonds. The number of piperidine rings is 1. The highest BCUT2D eigenvalue weighted by atomic mass is 16.5. The normalized spacial score (nSPS) is 16.2. The molecule has 162 valence electrons. The number of nitrogens with two attached hydrogens (primary N) is 1. The van der Waals surface area contributed by atoms with E-state index in [2.05, 4.69) is 27.2 Å². The maximum absolute atomic E-state index is 6.13. The number of imidazole rings is 1. The fourth-order valence-electron chi connectivity index (χ4n) is 4.09. The zero-order valence-electron chi connectivity index (χ0n) is 18.1. The number of fused-ring (bicyclic) bond motifs is 1. The van der Waals surface area contributed by atoms with Crippen LogP contribution in [0.1, 0.15) is 65.2 Å². The molecule has 29 heavy (non-hydrogen) atoms. The summed E-state index contributed by atoms with van der Waals surface area (Å²) >= 11 is 0. The number of unbranched alkanes of at least 4 members (excludes halogenated alkanes) is 2. The molecule has 0 unspecified atom stereocenters. The van der Waals surface area contributed by atoms with Crippen LogP contribution >= 0.6 is 0 Å². The fourth-order valence-corrected chi connectivity index (χ4v) is 4.09. The Hall–Kier alpha value is -2.09. The van der Waals surface area contributed by atoms with Crippen LogP contribution in [0, 0.1) is 5.92 Å². The number of aromatic nitrogens is 4. The molecule has 8 heteroatoms. The van der Waals surface area contributed by atoms with E-state index in [9.17, 15) is 0 Å². The molecular weight excluding hydrogens is 368 g/mol. The molecule has 0 radical (unpaired) electrons. The SMILES string of the molecule is CCC[C@H](C)Oc1nc(N)c2nc(OC)n(CCCCCC3CCNCC3)c2n1. The van der Waals surface area contributed by atoms with E-state index in [0.717, 1.165) is 31.7 Å². The van der Waals surface area contributed by atoms with E-state index < -0.39 is 0 Å². The maximum Gasteiger partial charge on any atom is 0.320 e. The molecule has 3 rings (SSSR count). The van der Waals surface area contributed by atoms with E-state index in [1.807, 2.05) is 11.5 Å². The van der Waals surface area contributed by atoms with Gasteiger partial charge in [0.05, 0.1) is 13.2 Å². The van der Waals surface area contributed by atoms with Crippen LogP contribution in [0.3, 0.4) is 0 Å². The Kier molecular flexibility index (Phi) is 7.91. The average molecular weight is 405 g/mol. The average Bonchev–Trinajstić information content (AvgIpc) is 3.07. The lowest BCUT2D eigenvalue weighted by Gasteiger charge is -2.22. The van der Waals surface area contributed by atoms with Crippen LogP contribution in [0.25, 0.3) is 11.2 Å². The van der Waals surface area contributed by atoms with Crippen LogP contribution in [-0.4, -0.2) is 45.8 Å². The van der Waals surface area contributed by atoms with Gasteiger partial charge in [-0.15, -0.1) is 0 Å². The second-order valence-corrected chi connectivity index (χ2v) is 8.07. The van der Waals surface area contributed by atoms with E-state index in [0.29, 0.717) is 29.0 Å². The van der Waals surface area contributed by atoms with E-state index >= 15 is 0 Å². The van der Waals surface area contributed by atoms with Crippen molar-refractivity contribution < 1.29 is 9.47 Å². The molecule has 3 heterocycles. The number of nitrogen functional groups attached to an aromatic ring is 1. The number of ether oxygens (including phenoxy) is 2. The predicted octanol–water partition coefficient (Wildman–Crippen LogP) is 3.54. The fraction of sp³-hybridized carbons (Fsp3) is 0.762. The number of hydrogen-bond donors (Lipinski definition) is 2. The summed E-state index contributed by atoms with van der Waals surface area (Å²) in [4.78, 5) is 13.4. The molecule has 1 fully saturated rings. The molecule has 1 saturated heterocycles. The molecule has 1 atom stereocenters. The van der Waals surface area contributed by atoms with E-state index in [1.54, 1.807) is 7.11 Å². The summed E-state index contributed by atoms with van der Waals surface area (Å²) < 4.78 is 13.3. The quantitative estimate of drug-likeness (QED) is 0.552. The van der Waals surface area contributed by atoms with Gasteiger partial charge in [0.25, 0.3) is 6.01 Å². The number of methoxy groups -OCH3 is 1. The standard InChI is InChI=1S/C21H36N6O2/c1-4-8-15(2)29-20-25-18(22)17-19(26-20)27(21(24-17)28-3)14-7-5-6-9-16-10-12-23-13-11-16/h15-16,23H,4-14H2,1-3H3,(H2,22,25,26)/t15-/m0/s1. The number of anilines is 1. The van der Waals surface area contributed by atoms with Gasteiger partial charge in [-0.25, -0.2) is 0 Å². The van der Waals surface area contributed by atoms with E-state index in [4.69, 9.17) is 15.2 Å². The Morgan fingerprint density at radius 1 is 1.17 bits per heavy atom. The largest absolute Gasteiger partial charge is 0.468 e. The van der Waals surface area contributed by atoms with Gasteiger partial charge >= 0.3 is 6.01 Å². The van der Waals surface area contributed by atoms with Gasteiger partial charge < -0.3 is 20.5 Å². The number of aryl methyl sites for hydroxylation is 1. The van der Waals surface area contributed by atoms with Gasteiger partial charge in [0.15, 0.2) is 17.0 Å².